The van der Waals surface area contributed by atoms with Gasteiger partial charge in [0.25, 0.3) is 10.0 Å². The number of amides is 1. The molecule has 0 saturated heterocycles. The lowest BCUT2D eigenvalue weighted by atomic mass is 10.2. The van der Waals surface area contributed by atoms with Crippen LogP contribution >= 0.6 is 0 Å². The molecule has 3 aromatic rings. The van der Waals surface area contributed by atoms with Crippen molar-refractivity contribution < 1.29 is 13.2 Å². The molecule has 1 amide bonds. The fraction of sp³-hybridized carbons (Fsp3) is 0.211. The molecule has 7 heteroatoms. The number of nitrogens with one attached hydrogen (secondary N) is 2. The van der Waals surface area contributed by atoms with Gasteiger partial charge in [0.15, 0.2) is 0 Å². The fourth-order valence-corrected chi connectivity index (χ4v) is 4.62. The SMILES string of the molecule is CC(=O)Nc1ccc(S(=O)(=O)N(c2c[nH]c3ccccc23)C(C)C)cc1. The van der Waals surface area contributed by atoms with Crippen LogP contribution in [-0.2, 0) is 14.8 Å². The van der Waals surface area contributed by atoms with E-state index < -0.39 is 10.0 Å². The Bertz CT molecular complexity index is 1040. The molecule has 0 spiro atoms. The molecule has 0 aliphatic heterocycles. The van der Waals surface area contributed by atoms with Gasteiger partial charge in [-0.3, -0.25) is 9.10 Å². The smallest absolute Gasteiger partial charge is 0.264 e. The van der Waals surface area contributed by atoms with E-state index in [1.807, 2.05) is 38.1 Å². The minimum atomic E-state index is -3.76. The van der Waals surface area contributed by atoms with Gasteiger partial charge in [-0.15, -0.1) is 0 Å². The highest BCUT2D eigenvalue weighted by Gasteiger charge is 2.29. The van der Waals surface area contributed by atoms with Crippen LogP contribution in [0.4, 0.5) is 11.4 Å². The molecule has 0 aliphatic rings. The predicted octanol–water partition coefficient (Wildman–Crippen LogP) is 3.73. The van der Waals surface area contributed by atoms with E-state index in [1.54, 1.807) is 18.3 Å². The third kappa shape index (κ3) is 3.30. The number of carbonyl (C=O) groups excluding carboxylic acids is 1. The zero-order valence-corrected chi connectivity index (χ0v) is 15.7. The van der Waals surface area contributed by atoms with Crippen molar-refractivity contribution in [2.75, 3.05) is 9.62 Å². The number of sulfonamides is 1. The van der Waals surface area contributed by atoms with Crippen LogP contribution in [0.1, 0.15) is 20.8 Å². The van der Waals surface area contributed by atoms with Gasteiger partial charge in [0.1, 0.15) is 0 Å². The van der Waals surface area contributed by atoms with E-state index in [0.717, 1.165) is 10.9 Å². The fourth-order valence-electron chi connectivity index (χ4n) is 2.95. The summed E-state index contributed by atoms with van der Waals surface area (Å²) >= 11 is 0. The number of aromatic amines is 1. The number of aromatic nitrogens is 1. The van der Waals surface area contributed by atoms with Crippen molar-refractivity contribution in [1.29, 1.82) is 0 Å². The first-order chi connectivity index (χ1) is 12.3. The Morgan fingerprint density at radius 2 is 1.73 bits per heavy atom. The molecule has 136 valence electrons. The molecule has 0 atom stereocenters. The summed E-state index contributed by atoms with van der Waals surface area (Å²) in [5.74, 6) is -0.205. The van der Waals surface area contributed by atoms with E-state index in [2.05, 4.69) is 10.3 Å². The summed E-state index contributed by atoms with van der Waals surface area (Å²) in [5.41, 5.74) is 2.05. The standard InChI is InChI=1S/C19H21N3O3S/c1-13(2)22(19-12-20-18-7-5-4-6-17(18)19)26(24,25)16-10-8-15(9-11-16)21-14(3)23/h4-13,20H,1-3H3,(H,21,23). The molecule has 0 bridgehead atoms. The van der Waals surface area contributed by atoms with Crippen LogP contribution in [-0.4, -0.2) is 25.4 Å². The van der Waals surface area contributed by atoms with Crippen LogP contribution in [0.3, 0.4) is 0 Å². The number of nitrogens with zero attached hydrogens (tertiary/aromatic N) is 1. The second-order valence-electron chi connectivity index (χ2n) is 6.32. The Kier molecular flexibility index (Phi) is 4.73. The maximum atomic E-state index is 13.3. The first-order valence-corrected chi connectivity index (χ1v) is 9.73. The molecule has 0 fully saturated rings. The van der Waals surface area contributed by atoms with Gasteiger partial charge < -0.3 is 10.3 Å². The lowest BCUT2D eigenvalue weighted by molar-refractivity contribution is -0.114. The Balaban J connectivity index is 2.05. The van der Waals surface area contributed by atoms with Crippen molar-refractivity contribution in [3.05, 3.63) is 54.7 Å². The highest BCUT2D eigenvalue weighted by atomic mass is 32.2. The van der Waals surface area contributed by atoms with E-state index in [4.69, 9.17) is 0 Å². The van der Waals surface area contributed by atoms with Crippen LogP contribution in [0.5, 0.6) is 0 Å². The number of anilines is 2. The van der Waals surface area contributed by atoms with Crippen LogP contribution in [0.2, 0.25) is 0 Å². The minimum absolute atomic E-state index is 0.172. The lowest BCUT2D eigenvalue weighted by Crippen LogP contribution is -2.36. The summed E-state index contributed by atoms with van der Waals surface area (Å²) in [6, 6.07) is 13.5. The van der Waals surface area contributed by atoms with Crippen molar-refractivity contribution in [1.82, 2.24) is 4.98 Å². The second kappa shape index (κ2) is 6.84. The van der Waals surface area contributed by atoms with E-state index in [1.165, 1.54) is 23.4 Å². The van der Waals surface area contributed by atoms with Crippen molar-refractivity contribution >= 4 is 38.2 Å². The topological polar surface area (TPSA) is 82.3 Å². The highest BCUT2D eigenvalue weighted by molar-refractivity contribution is 7.92. The molecule has 0 saturated carbocycles. The second-order valence-corrected chi connectivity index (χ2v) is 8.13. The molecule has 1 aromatic heterocycles. The first-order valence-electron chi connectivity index (χ1n) is 8.29. The number of para-hydroxylation sites is 1. The zero-order valence-electron chi connectivity index (χ0n) is 14.9. The van der Waals surface area contributed by atoms with Gasteiger partial charge in [0.2, 0.25) is 5.91 Å². The van der Waals surface area contributed by atoms with Crippen LogP contribution < -0.4 is 9.62 Å². The maximum absolute atomic E-state index is 13.3. The number of H-pyrrole nitrogens is 1. The number of hydrogen-bond acceptors (Lipinski definition) is 3. The quantitative estimate of drug-likeness (QED) is 0.717. The molecular weight excluding hydrogens is 350 g/mol. The number of carbonyl (C=O) groups is 1. The van der Waals surface area contributed by atoms with Gasteiger partial charge in [-0.1, -0.05) is 18.2 Å². The summed E-state index contributed by atoms with van der Waals surface area (Å²) in [5, 5.41) is 3.48. The van der Waals surface area contributed by atoms with Gasteiger partial charge in [0, 0.05) is 35.8 Å². The average Bonchev–Trinajstić information content (AvgIpc) is 2.98. The van der Waals surface area contributed by atoms with Crippen molar-refractivity contribution in [3.63, 3.8) is 0 Å². The van der Waals surface area contributed by atoms with Crippen molar-refractivity contribution in [2.45, 2.75) is 31.7 Å². The zero-order chi connectivity index (χ0) is 18.9. The van der Waals surface area contributed by atoms with Crippen LogP contribution in [0, 0.1) is 0 Å². The molecule has 1 heterocycles. The molecule has 2 N–H and O–H groups in total. The summed E-state index contributed by atoms with van der Waals surface area (Å²) in [7, 11) is -3.76. The third-order valence-electron chi connectivity index (χ3n) is 4.01. The number of hydrogen-bond donors (Lipinski definition) is 2. The monoisotopic (exact) mass is 371 g/mol. The largest absolute Gasteiger partial charge is 0.359 e. The van der Waals surface area contributed by atoms with E-state index in [0.29, 0.717) is 11.4 Å². The molecule has 2 aromatic carbocycles. The molecule has 0 radical (unpaired) electrons. The first kappa shape index (κ1) is 18.0. The Morgan fingerprint density at radius 1 is 1.08 bits per heavy atom. The molecule has 0 aliphatic carbocycles. The molecule has 6 nitrogen and oxygen atoms in total. The highest BCUT2D eigenvalue weighted by Crippen LogP contribution is 2.33. The molecular formula is C19H21N3O3S. The van der Waals surface area contributed by atoms with E-state index >= 15 is 0 Å². The normalized spacial score (nSPS) is 11.7. The van der Waals surface area contributed by atoms with Gasteiger partial charge in [-0.25, -0.2) is 8.42 Å². The third-order valence-corrected chi connectivity index (χ3v) is 6.01. The van der Waals surface area contributed by atoms with E-state index in [9.17, 15) is 13.2 Å². The number of benzene rings is 2. The molecule has 0 unspecified atom stereocenters. The van der Waals surface area contributed by atoms with Crippen LogP contribution in [0.15, 0.2) is 59.6 Å². The number of fused-ring (bicyclic) bond motifs is 1. The summed E-state index contributed by atoms with van der Waals surface area (Å²) in [4.78, 5) is 14.4. The molecule has 3 rings (SSSR count). The van der Waals surface area contributed by atoms with E-state index in [-0.39, 0.29) is 16.8 Å². The van der Waals surface area contributed by atoms with Crippen molar-refractivity contribution in [2.24, 2.45) is 0 Å². The van der Waals surface area contributed by atoms with Crippen molar-refractivity contribution in [3.8, 4) is 0 Å². The maximum Gasteiger partial charge on any atom is 0.264 e. The minimum Gasteiger partial charge on any atom is -0.359 e. The van der Waals surface area contributed by atoms with Gasteiger partial charge >= 0.3 is 0 Å². The Labute approximate surface area is 152 Å². The average molecular weight is 371 g/mol. The van der Waals surface area contributed by atoms with Gasteiger partial charge in [-0.05, 0) is 44.2 Å². The Morgan fingerprint density at radius 3 is 2.35 bits per heavy atom. The summed E-state index contributed by atoms with van der Waals surface area (Å²) < 4.78 is 28.0. The summed E-state index contributed by atoms with van der Waals surface area (Å²) in [6.45, 7) is 5.08. The molecule has 26 heavy (non-hydrogen) atoms. The lowest BCUT2D eigenvalue weighted by Gasteiger charge is -2.27. The van der Waals surface area contributed by atoms with Gasteiger partial charge in [0.05, 0.1) is 10.6 Å². The summed E-state index contributed by atoms with van der Waals surface area (Å²) in [6.07, 6.45) is 1.72. The van der Waals surface area contributed by atoms with Crippen LogP contribution in [0.25, 0.3) is 10.9 Å². The van der Waals surface area contributed by atoms with Gasteiger partial charge in [-0.2, -0.15) is 0 Å². The number of rotatable bonds is 5. The predicted molar refractivity (Wildman–Crippen MR) is 104 cm³/mol. The Hall–Kier alpha value is -2.80.